The molecule has 23 heavy (non-hydrogen) atoms. The van der Waals surface area contributed by atoms with Crippen LogP contribution in [0.25, 0.3) is 0 Å². The fraction of sp³-hybridized carbons (Fsp3) is 0.529. The minimum Gasteiger partial charge on any atom is -0.493 e. The zero-order valence-electron chi connectivity index (χ0n) is 14.5. The van der Waals surface area contributed by atoms with Gasteiger partial charge in [0.25, 0.3) is 0 Å². The number of nitrogens with zero attached hydrogens (tertiary/aromatic N) is 1. The molecule has 0 radical (unpaired) electrons. The predicted molar refractivity (Wildman–Crippen MR) is 86.8 cm³/mol. The first kappa shape index (κ1) is 18.6. The first-order valence-corrected chi connectivity index (χ1v) is 7.32. The van der Waals surface area contributed by atoms with E-state index in [0.717, 1.165) is 0 Å². The lowest BCUT2D eigenvalue weighted by Crippen LogP contribution is -2.49. The molecular formula is C17H24N2O4. The van der Waals surface area contributed by atoms with Gasteiger partial charge in [-0.2, -0.15) is 5.26 Å². The number of benzene rings is 1. The van der Waals surface area contributed by atoms with Crippen LogP contribution in [0, 0.1) is 17.2 Å². The van der Waals surface area contributed by atoms with Gasteiger partial charge in [-0.15, -0.1) is 0 Å². The van der Waals surface area contributed by atoms with Crippen molar-refractivity contribution in [3.8, 4) is 23.3 Å². The van der Waals surface area contributed by atoms with E-state index in [9.17, 15) is 10.1 Å². The summed E-state index contributed by atoms with van der Waals surface area (Å²) >= 11 is 0. The summed E-state index contributed by atoms with van der Waals surface area (Å²) in [5, 5.41) is 12.1. The van der Waals surface area contributed by atoms with Crippen LogP contribution >= 0.6 is 0 Å². The first-order chi connectivity index (χ1) is 10.8. The van der Waals surface area contributed by atoms with E-state index in [4.69, 9.17) is 14.2 Å². The van der Waals surface area contributed by atoms with E-state index in [-0.39, 0.29) is 18.2 Å². The van der Waals surface area contributed by atoms with Crippen molar-refractivity contribution in [1.82, 2.24) is 5.32 Å². The summed E-state index contributed by atoms with van der Waals surface area (Å²) in [5.41, 5.74) is -0.196. The van der Waals surface area contributed by atoms with Gasteiger partial charge in [-0.25, -0.2) is 0 Å². The molecule has 1 aromatic carbocycles. The van der Waals surface area contributed by atoms with E-state index < -0.39 is 5.54 Å². The van der Waals surface area contributed by atoms with E-state index in [1.165, 1.54) is 21.3 Å². The monoisotopic (exact) mass is 320 g/mol. The van der Waals surface area contributed by atoms with Gasteiger partial charge in [0.1, 0.15) is 5.54 Å². The quantitative estimate of drug-likeness (QED) is 0.834. The van der Waals surface area contributed by atoms with Crippen LogP contribution < -0.4 is 19.5 Å². The van der Waals surface area contributed by atoms with Gasteiger partial charge in [0.05, 0.1) is 33.8 Å². The highest BCUT2D eigenvalue weighted by molar-refractivity contribution is 5.80. The van der Waals surface area contributed by atoms with Crippen LogP contribution in [0.15, 0.2) is 12.1 Å². The number of rotatable bonds is 7. The number of hydrogen-bond acceptors (Lipinski definition) is 5. The number of ether oxygens (including phenoxy) is 3. The zero-order valence-corrected chi connectivity index (χ0v) is 14.5. The van der Waals surface area contributed by atoms with Crippen LogP contribution in [0.5, 0.6) is 17.2 Å². The molecule has 6 nitrogen and oxygen atoms in total. The Labute approximate surface area is 137 Å². The van der Waals surface area contributed by atoms with Crippen LogP contribution in [-0.2, 0) is 11.2 Å². The second kappa shape index (κ2) is 7.73. The van der Waals surface area contributed by atoms with Crippen molar-refractivity contribution in [3.63, 3.8) is 0 Å². The summed E-state index contributed by atoms with van der Waals surface area (Å²) in [5.74, 6) is 1.21. The molecule has 0 unspecified atom stereocenters. The van der Waals surface area contributed by atoms with Gasteiger partial charge in [-0.1, -0.05) is 13.8 Å². The van der Waals surface area contributed by atoms with E-state index in [1.54, 1.807) is 19.1 Å². The Hall–Kier alpha value is -2.42. The predicted octanol–water partition coefficient (Wildman–Crippen LogP) is 2.31. The van der Waals surface area contributed by atoms with Crippen LogP contribution in [0.2, 0.25) is 0 Å². The molecule has 0 saturated heterocycles. The molecular weight excluding hydrogens is 296 g/mol. The summed E-state index contributed by atoms with van der Waals surface area (Å²) in [6.07, 6.45) is 0.112. The number of amides is 1. The molecule has 0 aromatic heterocycles. The van der Waals surface area contributed by atoms with Gasteiger partial charge in [-0.05, 0) is 30.5 Å². The summed E-state index contributed by atoms with van der Waals surface area (Å²) in [4.78, 5) is 12.3. The topological polar surface area (TPSA) is 80.6 Å². The van der Waals surface area contributed by atoms with Crippen molar-refractivity contribution in [2.45, 2.75) is 32.7 Å². The average Bonchev–Trinajstić information content (AvgIpc) is 2.53. The Balaban J connectivity index is 3.01. The minimum atomic E-state index is -0.905. The molecule has 1 rings (SSSR count). The maximum absolute atomic E-state index is 12.3. The Bertz CT molecular complexity index is 582. The summed E-state index contributed by atoms with van der Waals surface area (Å²) < 4.78 is 15.8. The molecule has 1 amide bonds. The normalized spacial score (nSPS) is 13.0. The minimum absolute atomic E-state index is 0.00334. The second-order valence-corrected chi connectivity index (χ2v) is 5.73. The maximum atomic E-state index is 12.3. The Kier molecular flexibility index (Phi) is 6.26. The SMILES string of the molecule is COc1cc(CC(=O)N[C@](C)(C#N)C(C)C)cc(OC)c1OC. The van der Waals surface area contributed by atoms with Crippen LogP contribution in [0.4, 0.5) is 0 Å². The average molecular weight is 320 g/mol. The van der Waals surface area contributed by atoms with Gasteiger partial charge < -0.3 is 19.5 Å². The molecule has 0 heterocycles. The number of carbonyl (C=O) groups is 1. The van der Waals surface area contributed by atoms with Crippen LogP contribution in [0.1, 0.15) is 26.3 Å². The zero-order chi connectivity index (χ0) is 17.6. The number of carbonyl (C=O) groups excluding carboxylic acids is 1. The standard InChI is InChI=1S/C17H24N2O4/c1-11(2)17(3,10-18)19-15(20)9-12-7-13(21-4)16(23-6)14(8-12)22-5/h7-8,11H,9H2,1-6H3,(H,19,20)/t17-/m1/s1. The first-order valence-electron chi connectivity index (χ1n) is 7.32. The smallest absolute Gasteiger partial charge is 0.225 e. The number of nitriles is 1. The second-order valence-electron chi connectivity index (χ2n) is 5.73. The largest absolute Gasteiger partial charge is 0.493 e. The molecule has 0 aliphatic rings. The fourth-order valence-corrected chi connectivity index (χ4v) is 2.06. The summed E-state index contributed by atoms with van der Waals surface area (Å²) in [6, 6.07) is 5.60. The van der Waals surface area contributed by atoms with Gasteiger partial charge in [-0.3, -0.25) is 4.79 Å². The number of nitrogens with one attached hydrogen (secondary N) is 1. The lowest BCUT2D eigenvalue weighted by molar-refractivity contribution is -0.122. The van der Waals surface area contributed by atoms with Gasteiger partial charge in [0, 0.05) is 0 Å². The molecule has 1 aromatic rings. The molecule has 0 bridgehead atoms. The highest BCUT2D eigenvalue weighted by atomic mass is 16.5. The molecule has 1 N–H and O–H groups in total. The highest BCUT2D eigenvalue weighted by Gasteiger charge is 2.30. The third kappa shape index (κ3) is 4.28. The van der Waals surface area contributed by atoms with E-state index in [2.05, 4.69) is 11.4 Å². The lowest BCUT2D eigenvalue weighted by Gasteiger charge is -2.27. The molecule has 0 aliphatic heterocycles. The Morgan fingerprint density at radius 3 is 2.09 bits per heavy atom. The Morgan fingerprint density at radius 2 is 1.74 bits per heavy atom. The molecule has 6 heteroatoms. The van der Waals surface area contributed by atoms with Gasteiger partial charge >= 0.3 is 0 Å². The molecule has 1 atom stereocenters. The molecule has 126 valence electrons. The van der Waals surface area contributed by atoms with Crippen molar-refractivity contribution in [3.05, 3.63) is 17.7 Å². The van der Waals surface area contributed by atoms with Crippen molar-refractivity contribution >= 4 is 5.91 Å². The van der Waals surface area contributed by atoms with Crippen molar-refractivity contribution in [2.24, 2.45) is 5.92 Å². The Morgan fingerprint density at radius 1 is 1.22 bits per heavy atom. The molecule has 0 fully saturated rings. The van der Waals surface area contributed by atoms with E-state index in [1.807, 2.05) is 13.8 Å². The summed E-state index contributed by atoms with van der Waals surface area (Å²) in [6.45, 7) is 5.50. The highest BCUT2D eigenvalue weighted by Crippen LogP contribution is 2.38. The third-order valence-corrected chi connectivity index (χ3v) is 3.88. The van der Waals surface area contributed by atoms with Crippen LogP contribution in [-0.4, -0.2) is 32.8 Å². The van der Waals surface area contributed by atoms with Crippen LogP contribution in [0.3, 0.4) is 0 Å². The maximum Gasteiger partial charge on any atom is 0.225 e. The van der Waals surface area contributed by atoms with Crippen molar-refractivity contribution in [1.29, 1.82) is 5.26 Å². The van der Waals surface area contributed by atoms with Gasteiger partial charge in [0.15, 0.2) is 11.5 Å². The number of hydrogen-bond donors (Lipinski definition) is 1. The lowest BCUT2D eigenvalue weighted by atomic mass is 9.90. The molecule has 0 saturated carbocycles. The van der Waals surface area contributed by atoms with Gasteiger partial charge in [0.2, 0.25) is 11.7 Å². The molecule has 0 aliphatic carbocycles. The van der Waals surface area contributed by atoms with E-state index >= 15 is 0 Å². The summed E-state index contributed by atoms with van der Waals surface area (Å²) in [7, 11) is 4.56. The number of methoxy groups -OCH3 is 3. The fourth-order valence-electron chi connectivity index (χ4n) is 2.06. The van der Waals surface area contributed by atoms with Crippen molar-refractivity contribution < 1.29 is 19.0 Å². The van der Waals surface area contributed by atoms with Crippen molar-refractivity contribution in [2.75, 3.05) is 21.3 Å². The van der Waals surface area contributed by atoms with E-state index in [0.29, 0.717) is 22.8 Å². The molecule has 0 spiro atoms. The third-order valence-electron chi connectivity index (χ3n) is 3.88.